The van der Waals surface area contributed by atoms with E-state index in [-0.39, 0.29) is 6.10 Å². The molecule has 0 N–H and O–H groups in total. The van der Waals surface area contributed by atoms with Crippen LogP contribution in [0.1, 0.15) is 43.6 Å². The van der Waals surface area contributed by atoms with Gasteiger partial charge in [-0.05, 0) is 38.3 Å². The fraction of sp³-hybridized carbons (Fsp3) is 0.611. The van der Waals surface area contributed by atoms with Crippen LogP contribution in [0.25, 0.3) is 0 Å². The summed E-state index contributed by atoms with van der Waals surface area (Å²) >= 11 is 0. The molecule has 2 fully saturated rings. The Morgan fingerprint density at radius 1 is 1.22 bits per heavy atom. The molecule has 0 radical (unpaired) electrons. The third kappa shape index (κ3) is 3.71. The number of nitrogens with zero attached hydrogens (tertiary/aromatic N) is 1. The number of rotatable bonds is 5. The molecule has 23 heavy (non-hydrogen) atoms. The number of alkyl halides is 2. The summed E-state index contributed by atoms with van der Waals surface area (Å²) in [5.74, 6) is -1.39. The van der Waals surface area contributed by atoms with Crippen LogP contribution in [-0.2, 0) is 9.53 Å². The second-order valence-electron chi connectivity index (χ2n) is 6.67. The van der Waals surface area contributed by atoms with Crippen LogP contribution in [0, 0.1) is 0 Å². The topological polar surface area (TPSA) is 29.5 Å². The average molecular weight is 323 g/mol. The maximum atomic E-state index is 12.9. The first kappa shape index (κ1) is 16.4. The molecule has 2 aliphatic heterocycles. The highest BCUT2D eigenvalue weighted by Crippen LogP contribution is 2.36. The molecule has 0 spiro atoms. The standard InChI is InChI=1S/C18H23F2NO2/c1-21-13-7-8-14(21)10-15(9-13)23-18(22)16(11-17(19)20)12-5-3-2-4-6-12/h2-6,13-17H,7-11H2,1H3/t13?,14?,15?,16-/m0/s1. The molecule has 2 aliphatic rings. The van der Waals surface area contributed by atoms with Gasteiger partial charge < -0.3 is 9.64 Å². The molecular formula is C18H23F2NO2. The molecule has 0 aromatic heterocycles. The highest BCUT2D eigenvalue weighted by molar-refractivity contribution is 5.78. The Labute approximate surface area is 135 Å². The summed E-state index contributed by atoms with van der Waals surface area (Å²) in [5.41, 5.74) is 0.605. The van der Waals surface area contributed by atoms with Crippen LogP contribution >= 0.6 is 0 Å². The van der Waals surface area contributed by atoms with Gasteiger partial charge in [0, 0.05) is 18.5 Å². The van der Waals surface area contributed by atoms with E-state index in [1.54, 1.807) is 24.3 Å². The number of piperidine rings is 1. The molecule has 3 atom stereocenters. The molecule has 3 rings (SSSR count). The third-order valence-corrected chi connectivity index (χ3v) is 5.24. The van der Waals surface area contributed by atoms with Crippen molar-refractivity contribution in [3.05, 3.63) is 35.9 Å². The highest BCUT2D eigenvalue weighted by atomic mass is 19.3. The smallest absolute Gasteiger partial charge is 0.313 e. The molecule has 2 saturated heterocycles. The van der Waals surface area contributed by atoms with E-state index in [1.165, 1.54) is 0 Å². The molecule has 2 heterocycles. The van der Waals surface area contributed by atoms with Crippen LogP contribution in [0.5, 0.6) is 0 Å². The lowest BCUT2D eigenvalue weighted by molar-refractivity contribution is -0.155. The Morgan fingerprint density at radius 3 is 2.39 bits per heavy atom. The van der Waals surface area contributed by atoms with Gasteiger partial charge in [-0.15, -0.1) is 0 Å². The maximum absolute atomic E-state index is 12.9. The average Bonchev–Trinajstić information content (AvgIpc) is 2.75. The summed E-state index contributed by atoms with van der Waals surface area (Å²) in [6.07, 6.45) is 0.746. The number of ether oxygens (including phenoxy) is 1. The van der Waals surface area contributed by atoms with Gasteiger partial charge in [-0.25, -0.2) is 8.78 Å². The van der Waals surface area contributed by atoms with E-state index in [1.807, 2.05) is 6.07 Å². The summed E-state index contributed by atoms with van der Waals surface area (Å²) in [4.78, 5) is 14.9. The summed E-state index contributed by atoms with van der Waals surface area (Å²) in [6.45, 7) is 0. The minimum Gasteiger partial charge on any atom is -0.462 e. The van der Waals surface area contributed by atoms with Gasteiger partial charge in [-0.3, -0.25) is 4.79 Å². The summed E-state index contributed by atoms with van der Waals surface area (Å²) in [5, 5.41) is 0. The van der Waals surface area contributed by atoms with Crippen LogP contribution in [0.4, 0.5) is 8.78 Å². The molecular weight excluding hydrogens is 300 g/mol. The molecule has 3 nitrogen and oxygen atoms in total. The van der Waals surface area contributed by atoms with Crippen molar-refractivity contribution in [3.8, 4) is 0 Å². The van der Waals surface area contributed by atoms with E-state index < -0.39 is 24.7 Å². The minimum absolute atomic E-state index is 0.139. The third-order valence-electron chi connectivity index (χ3n) is 5.24. The van der Waals surface area contributed by atoms with Crippen LogP contribution in [-0.4, -0.2) is 42.5 Å². The summed E-state index contributed by atoms with van der Waals surface area (Å²) in [7, 11) is 2.12. The summed E-state index contributed by atoms with van der Waals surface area (Å²) < 4.78 is 31.4. The Bertz CT molecular complexity index is 523. The number of carbonyl (C=O) groups excluding carboxylic acids is 1. The first-order valence-corrected chi connectivity index (χ1v) is 8.30. The molecule has 1 aromatic carbocycles. The molecule has 5 heteroatoms. The number of fused-ring (bicyclic) bond motifs is 2. The second-order valence-corrected chi connectivity index (χ2v) is 6.67. The lowest BCUT2D eigenvalue weighted by Crippen LogP contribution is -2.43. The molecule has 0 amide bonds. The number of esters is 1. The van der Waals surface area contributed by atoms with Gasteiger partial charge in [0.05, 0.1) is 5.92 Å². The second kappa shape index (κ2) is 6.95. The van der Waals surface area contributed by atoms with Crippen LogP contribution in [0.15, 0.2) is 30.3 Å². The zero-order valence-corrected chi connectivity index (χ0v) is 13.3. The molecule has 2 unspecified atom stereocenters. The van der Waals surface area contributed by atoms with Gasteiger partial charge in [0.15, 0.2) is 0 Å². The zero-order chi connectivity index (χ0) is 16.4. The fourth-order valence-corrected chi connectivity index (χ4v) is 3.94. The zero-order valence-electron chi connectivity index (χ0n) is 13.3. The van der Waals surface area contributed by atoms with E-state index >= 15 is 0 Å². The fourth-order valence-electron chi connectivity index (χ4n) is 3.94. The molecule has 0 aliphatic carbocycles. The van der Waals surface area contributed by atoms with E-state index in [4.69, 9.17) is 4.74 Å². The Morgan fingerprint density at radius 2 is 1.83 bits per heavy atom. The first-order chi connectivity index (χ1) is 11.0. The minimum atomic E-state index is -2.53. The molecule has 126 valence electrons. The lowest BCUT2D eigenvalue weighted by Gasteiger charge is -2.36. The van der Waals surface area contributed by atoms with Crippen molar-refractivity contribution in [2.24, 2.45) is 0 Å². The normalized spacial score (nSPS) is 28.8. The van der Waals surface area contributed by atoms with Crippen molar-refractivity contribution in [2.75, 3.05) is 7.05 Å². The predicted octanol–water partition coefficient (Wildman–Crippen LogP) is 3.59. The van der Waals surface area contributed by atoms with Gasteiger partial charge in [-0.1, -0.05) is 30.3 Å². The van der Waals surface area contributed by atoms with Gasteiger partial charge >= 0.3 is 5.97 Å². The van der Waals surface area contributed by atoms with Gasteiger partial charge in [0.2, 0.25) is 6.43 Å². The van der Waals surface area contributed by atoms with E-state index in [9.17, 15) is 13.6 Å². The van der Waals surface area contributed by atoms with Crippen molar-refractivity contribution in [2.45, 2.75) is 62.6 Å². The molecule has 2 bridgehead atoms. The number of carbonyl (C=O) groups is 1. The number of halogens is 2. The first-order valence-electron chi connectivity index (χ1n) is 8.30. The van der Waals surface area contributed by atoms with E-state index in [0.717, 1.165) is 25.7 Å². The van der Waals surface area contributed by atoms with Crippen molar-refractivity contribution in [3.63, 3.8) is 0 Å². The predicted molar refractivity (Wildman–Crippen MR) is 83.5 cm³/mol. The molecule has 0 saturated carbocycles. The van der Waals surface area contributed by atoms with Crippen molar-refractivity contribution >= 4 is 5.97 Å². The number of hydrogen-bond acceptors (Lipinski definition) is 3. The van der Waals surface area contributed by atoms with Gasteiger partial charge in [-0.2, -0.15) is 0 Å². The number of benzene rings is 1. The van der Waals surface area contributed by atoms with Gasteiger partial charge in [0.25, 0.3) is 0 Å². The van der Waals surface area contributed by atoms with Crippen molar-refractivity contribution in [1.29, 1.82) is 0 Å². The summed E-state index contributed by atoms with van der Waals surface area (Å²) in [6, 6.07) is 9.67. The Kier molecular flexibility index (Phi) is 4.95. The van der Waals surface area contributed by atoms with Crippen LogP contribution < -0.4 is 0 Å². The highest BCUT2D eigenvalue weighted by Gasteiger charge is 2.40. The van der Waals surface area contributed by atoms with Gasteiger partial charge in [0.1, 0.15) is 6.10 Å². The SMILES string of the molecule is CN1C2CCC1CC(OC(=O)[C@@H](CC(F)F)c1ccccc1)C2. The lowest BCUT2D eigenvalue weighted by atomic mass is 9.95. The quantitative estimate of drug-likeness (QED) is 0.776. The maximum Gasteiger partial charge on any atom is 0.313 e. The van der Waals surface area contributed by atoms with Crippen LogP contribution in [0.2, 0.25) is 0 Å². The largest absolute Gasteiger partial charge is 0.462 e. The monoisotopic (exact) mass is 323 g/mol. The molecule has 1 aromatic rings. The van der Waals surface area contributed by atoms with E-state index in [0.29, 0.717) is 17.6 Å². The Hall–Kier alpha value is -1.49. The van der Waals surface area contributed by atoms with Crippen molar-refractivity contribution < 1.29 is 18.3 Å². The van der Waals surface area contributed by atoms with Crippen LogP contribution in [0.3, 0.4) is 0 Å². The number of hydrogen-bond donors (Lipinski definition) is 0. The Balaban J connectivity index is 1.67. The van der Waals surface area contributed by atoms with Crippen molar-refractivity contribution in [1.82, 2.24) is 4.90 Å². The van der Waals surface area contributed by atoms with E-state index in [2.05, 4.69) is 11.9 Å².